The van der Waals surface area contributed by atoms with Gasteiger partial charge in [0.25, 0.3) is 0 Å². The predicted octanol–water partition coefficient (Wildman–Crippen LogP) is 3.07. The van der Waals surface area contributed by atoms with Gasteiger partial charge < -0.3 is 9.15 Å². The second-order valence-electron chi connectivity index (χ2n) is 6.18. The van der Waals surface area contributed by atoms with E-state index in [1.165, 1.54) is 37.9 Å². The Morgan fingerprint density at radius 2 is 2.09 bits per heavy atom. The molecule has 0 spiro atoms. The molecule has 0 bridgehead atoms. The Morgan fingerprint density at radius 3 is 2.86 bits per heavy atom. The van der Waals surface area contributed by atoms with Gasteiger partial charge in [0.05, 0.1) is 6.61 Å². The van der Waals surface area contributed by atoms with Crippen molar-refractivity contribution in [2.45, 2.75) is 56.8 Å². The lowest BCUT2D eigenvalue weighted by Gasteiger charge is -2.31. The molecule has 2 aliphatic rings. The average molecular weight is 325 g/mol. The highest BCUT2D eigenvalue weighted by atomic mass is 32.2. The summed E-state index contributed by atoms with van der Waals surface area (Å²) in [5.74, 6) is 2.56. The van der Waals surface area contributed by atoms with Crippen LogP contribution in [0.4, 0.5) is 0 Å². The van der Waals surface area contributed by atoms with Gasteiger partial charge in [0.2, 0.25) is 11.8 Å². The van der Waals surface area contributed by atoms with Crippen LogP contribution < -0.4 is 0 Å². The van der Waals surface area contributed by atoms with Gasteiger partial charge in [-0.2, -0.15) is 11.8 Å². The van der Waals surface area contributed by atoms with Crippen LogP contribution in [0.25, 0.3) is 0 Å². The van der Waals surface area contributed by atoms with Crippen molar-refractivity contribution in [1.82, 2.24) is 15.1 Å². The van der Waals surface area contributed by atoms with E-state index < -0.39 is 0 Å². The Morgan fingerprint density at radius 1 is 1.23 bits per heavy atom. The van der Waals surface area contributed by atoms with E-state index in [9.17, 15) is 0 Å². The third-order valence-electron chi connectivity index (χ3n) is 4.52. The highest BCUT2D eigenvalue weighted by molar-refractivity contribution is 7.99. The normalized spacial score (nSPS) is 24.7. The Labute approximate surface area is 137 Å². The monoisotopic (exact) mass is 325 g/mol. The topological polar surface area (TPSA) is 51.4 Å². The highest BCUT2D eigenvalue weighted by Gasteiger charge is 2.26. The zero-order valence-electron chi connectivity index (χ0n) is 13.5. The number of ether oxygens (including phenoxy) is 1. The van der Waals surface area contributed by atoms with Gasteiger partial charge in [-0.1, -0.05) is 26.2 Å². The fourth-order valence-electron chi connectivity index (χ4n) is 3.17. The maximum absolute atomic E-state index is 5.80. The summed E-state index contributed by atoms with van der Waals surface area (Å²) in [6.45, 7) is 5.79. The molecule has 2 heterocycles. The number of morpholine rings is 1. The molecule has 1 aliphatic heterocycles. The van der Waals surface area contributed by atoms with Crippen LogP contribution in [0.3, 0.4) is 0 Å². The lowest BCUT2D eigenvalue weighted by molar-refractivity contribution is -0.0410. The van der Waals surface area contributed by atoms with Crippen molar-refractivity contribution in [3.8, 4) is 0 Å². The molecule has 1 atom stereocenters. The van der Waals surface area contributed by atoms with E-state index in [2.05, 4.69) is 26.9 Å². The minimum Gasteiger partial charge on any atom is -0.422 e. The molecular weight excluding hydrogens is 298 g/mol. The van der Waals surface area contributed by atoms with Gasteiger partial charge in [0, 0.05) is 37.1 Å². The van der Waals surface area contributed by atoms with Crippen LogP contribution in [0.15, 0.2) is 4.42 Å². The summed E-state index contributed by atoms with van der Waals surface area (Å²) < 4.78 is 11.4. The van der Waals surface area contributed by atoms with Gasteiger partial charge >= 0.3 is 0 Å². The maximum Gasteiger partial charge on any atom is 0.246 e. The number of aryl methyl sites for hydroxylation is 1. The lowest BCUT2D eigenvalue weighted by Crippen LogP contribution is -2.39. The van der Waals surface area contributed by atoms with Crippen molar-refractivity contribution in [1.29, 1.82) is 0 Å². The van der Waals surface area contributed by atoms with Crippen molar-refractivity contribution in [3.63, 3.8) is 0 Å². The molecule has 1 saturated heterocycles. The van der Waals surface area contributed by atoms with Crippen LogP contribution in [0.1, 0.15) is 56.9 Å². The first-order chi connectivity index (χ1) is 10.8. The zero-order chi connectivity index (χ0) is 15.2. The van der Waals surface area contributed by atoms with Crippen LogP contribution in [-0.4, -0.2) is 52.3 Å². The quantitative estimate of drug-likeness (QED) is 0.801. The Bertz CT molecular complexity index is 448. The number of rotatable bonds is 6. The van der Waals surface area contributed by atoms with E-state index in [-0.39, 0.29) is 6.10 Å². The molecule has 1 aliphatic carbocycles. The molecule has 3 rings (SSSR count). The van der Waals surface area contributed by atoms with Gasteiger partial charge in [-0.3, -0.25) is 4.90 Å². The summed E-state index contributed by atoms with van der Waals surface area (Å²) in [6, 6.07) is 0. The van der Waals surface area contributed by atoms with E-state index >= 15 is 0 Å². The molecule has 0 N–H and O–H groups in total. The summed E-state index contributed by atoms with van der Waals surface area (Å²) in [5, 5.41) is 9.06. The largest absolute Gasteiger partial charge is 0.422 e. The molecule has 6 heteroatoms. The molecule has 0 aromatic carbocycles. The van der Waals surface area contributed by atoms with E-state index in [1.54, 1.807) is 0 Å². The van der Waals surface area contributed by atoms with Crippen LogP contribution in [0.2, 0.25) is 0 Å². The molecule has 0 amide bonds. The van der Waals surface area contributed by atoms with E-state index in [0.29, 0.717) is 11.8 Å². The van der Waals surface area contributed by atoms with Crippen LogP contribution in [-0.2, 0) is 11.2 Å². The summed E-state index contributed by atoms with van der Waals surface area (Å²) in [5.41, 5.74) is 0. The average Bonchev–Trinajstić information content (AvgIpc) is 3.05. The first-order valence-electron chi connectivity index (χ1n) is 8.63. The van der Waals surface area contributed by atoms with Crippen molar-refractivity contribution >= 4 is 11.8 Å². The fourth-order valence-corrected chi connectivity index (χ4v) is 4.54. The standard InChI is InChI=1S/C16H27N3O2S/c1-2-15-17-18-16(21-15)14-12-19(8-10-20-14)9-11-22-13-6-4-3-5-7-13/h13-14H,2-12H2,1H3/t14-/m1/s1. The van der Waals surface area contributed by atoms with Gasteiger partial charge in [-0.05, 0) is 12.8 Å². The Hall–Kier alpha value is -0.590. The van der Waals surface area contributed by atoms with E-state index in [4.69, 9.17) is 9.15 Å². The maximum atomic E-state index is 5.80. The first-order valence-corrected chi connectivity index (χ1v) is 9.68. The molecule has 1 aromatic heterocycles. The number of hydrogen-bond donors (Lipinski definition) is 0. The lowest BCUT2D eigenvalue weighted by atomic mass is 10.0. The number of aromatic nitrogens is 2. The van der Waals surface area contributed by atoms with Gasteiger partial charge in [-0.15, -0.1) is 10.2 Å². The van der Waals surface area contributed by atoms with Gasteiger partial charge in [-0.25, -0.2) is 0 Å². The Kier molecular flexibility index (Phi) is 6.15. The molecule has 124 valence electrons. The van der Waals surface area contributed by atoms with Gasteiger partial charge in [0.15, 0.2) is 0 Å². The SMILES string of the molecule is CCc1nnc([C@H]2CN(CCSC3CCCCC3)CCO2)o1. The van der Waals surface area contributed by atoms with Crippen molar-refractivity contribution in [2.75, 3.05) is 32.0 Å². The van der Waals surface area contributed by atoms with E-state index in [1.807, 2.05) is 6.92 Å². The molecule has 0 radical (unpaired) electrons. The molecular formula is C16H27N3O2S. The minimum absolute atomic E-state index is 0.0544. The predicted molar refractivity (Wildman–Crippen MR) is 88.1 cm³/mol. The van der Waals surface area contributed by atoms with Gasteiger partial charge in [0.1, 0.15) is 6.10 Å². The molecule has 2 fully saturated rings. The van der Waals surface area contributed by atoms with Crippen LogP contribution >= 0.6 is 11.8 Å². The molecule has 0 unspecified atom stereocenters. The van der Waals surface area contributed by atoms with Crippen LogP contribution in [0.5, 0.6) is 0 Å². The molecule has 1 aromatic rings. The first kappa shape index (κ1) is 16.3. The summed E-state index contributed by atoms with van der Waals surface area (Å²) in [7, 11) is 0. The zero-order valence-corrected chi connectivity index (χ0v) is 14.3. The molecule has 22 heavy (non-hydrogen) atoms. The van der Waals surface area contributed by atoms with E-state index in [0.717, 1.165) is 37.9 Å². The third-order valence-corrected chi connectivity index (χ3v) is 5.89. The summed E-state index contributed by atoms with van der Waals surface area (Å²) >= 11 is 2.16. The minimum atomic E-state index is -0.0544. The van der Waals surface area contributed by atoms with Crippen molar-refractivity contribution in [3.05, 3.63) is 11.8 Å². The number of thioether (sulfide) groups is 1. The summed E-state index contributed by atoms with van der Waals surface area (Å²) in [4.78, 5) is 2.47. The Balaban J connectivity index is 1.42. The third kappa shape index (κ3) is 4.46. The number of nitrogens with zero attached hydrogens (tertiary/aromatic N) is 3. The highest BCUT2D eigenvalue weighted by Crippen LogP contribution is 2.28. The van der Waals surface area contributed by atoms with Crippen molar-refractivity contribution < 1.29 is 9.15 Å². The summed E-state index contributed by atoms with van der Waals surface area (Å²) in [6.07, 6.45) is 7.84. The molecule has 5 nitrogen and oxygen atoms in total. The van der Waals surface area contributed by atoms with Crippen molar-refractivity contribution in [2.24, 2.45) is 0 Å². The smallest absolute Gasteiger partial charge is 0.246 e. The fraction of sp³-hybridized carbons (Fsp3) is 0.875. The van der Waals surface area contributed by atoms with Crippen LogP contribution in [0, 0.1) is 0 Å². The number of hydrogen-bond acceptors (Lipinski definition) is 6. The second-order valence-corrected chi connectivity index (χ2v) is 7.59. The molecule has 1 saturated carbocycles. The second kappa shape index (κ2) is 8.31.